The van der Waals surface area contributed by atoms with Crippen LogP contribution in [0.1, 0.15) is 68.9 Å². The molecule has 0 atom stereocenters. The minimum atomic E-state index is -1.77. The Morgan fingerprint density at radius 3 is 1.88 bits per heavy atom. The van der Waals surface area contributed by atoms with Gasteiger partial charge in [0, 0.05) is 57.9 Å². The first-order chi connectivity index (χ1) is 32.1. The maximum atomic E-state index is 14.3. The van der Waals surface area contributed by atoms with E-state index in [2.05, 4.69) is 38.3 Å². The molecular formula is C48H61N9O9. The van der Waals surface area contributed by atoms with Crippen LogP contribution in [0.2, 0.25) is 0 Å². The highest BCUT2D eigenvalue weighted by Crippen LogP contribution is 2.34. The quantitative estimate of drug-likeness (QED) is 0.101. The summed E-state index contributed by atoms with van der Waals surface area (Å²) in [6.07, 6.45) is 6.51. The van der Waals surface area contributed by atoms with Gasteiger partial charge in [0.15, 0.2) is 6.04 Å². The summed E-state index contributed by atoms with van der Waals surface area (Å²) in [7, 11) is 0. The van der Waals surface area contributed by atoms with E-state index < -0.39 is 30.0 Å². The first-order valence-electron chi connectivity index (χ1n) is 23.2. The number of nitrogens with one attached hydrogen (secondary N) is 4. The monoisotopic (exact) mass is 907 g/mol. The SMILES string of the molecule is O=C(CCCNC(=O)OCc1cccc(NC(=O)NC2C(=O)N(CC(=O)N3CCCC3)c3ccccc3N(CC(=O)N3CCCC3)C2=O)c1)NCCCOc1cccc(CN2CCCC2)c1. The van der Waals surface area contributed by atoms with Crippen molar-refractivity contribution in [2.45, 2.75) is 77.0 Å². The second-order valence-electron chi connectivity index (χ2n) is 17.0. The van der Waals surface area contributed by atoms with Crippen LogP contribution in [0.15, 0.2) is 72.8 Å². The van der Waals surface area contributed by atoms with E-state index in [9.17, 15) is 33.6 Å². The molecule has 0 spiro atoms. The summed E-state index contributed by atoms with van der Waals surface area (Å²) < 4.78 is 11.3. The minimum absolute atomic E-state index is 0.126. The Labute approximate surface area is 385 Å². The number of nitrogens with zero attached hydrogens (tertiary/aromatic N) is 5. The highest BCUT2D eigenvalue weighted by Gasteiger charge is 2.43. The van der Waals surface area contributed by atoms with E-state index in [0.29, 0.717) is 57.7 Å². The lowest BCUT2D eigenvalue weighted by molar-refractivity contribution is -0.134. The largest absolute Gasteiger partial charge is 0.494 e. The Balaban J connectivity index is 0.852. The van der Waals surface area contributed by atoms with E-state index in [0.717, 1.165) is 51.1 Å². The first kappa shape index (κ1) is 47.3. The molecule has 3 aromatic carbocycles. The zero-order chi connectivity index (χ0) is 46.3. The number of para-hydroxylation sites is 2. The maximum Gasteiger partial charge on any atom is 0.407 e. The van der Waals surface area contributed by atoms with Gasteiger partial charge in [0.05, 0.1) is 18.0 Å². The van der Waals surface area contributed by atoms with E-state index in [4.69, 9.17) is 9.47 Å². The van der Waals surface area contributed by atoms with Crippen LogP contribution in [-0.4, -0.2) is 134 Å². The lowest BCUT2D eigenvalue weighted by atomic mass is 10.2. The van der Waals surface area contributed by atoms with Crippen molar-refractivity contribution in [1.82, 2.24) is 30.7 Å². The van der Waals surface area contributed by atoms with Gasteiger partial charge in [-0.1, -0.05) is 36.4 Å². The molecule has 7 rings (SSSR count). The molecule has 3 saturated heterocycles. The van der Waals surface area contributed by atoms with Crippen molar-refractivity contribution in [3.05, 3.63) is 83.9 Å². The molecule has 3 aromatic rings. The van der Waals surface area contributed by atoms with Gasteiger partial charge in [-0.3, -0.25) is 38.7 Å². The highest BCUT2D eigenvalue weighted by atomic mass is 16.5. The molecule has 18 heteroatoms. The van der Waals surface area contributed by atoms with Gasteiger partial charge in [-0.15, -0.1) is 0 Å². The van der Waals surface area contributed by atoms with Crippen LogP contribution in [0.5, 0.6) is 5.75 Å². The fraction of sp³-hybridized carbons (Fsp3) is 0.479. The first-order valence-corrected chi connectivity index (χ1v) is 23.2. The van der Waals surface area contributed by atoms with Crippen molar-refractivity contribution >= 4 is 58.7 Å². The molecule has 0 aromatic heterocycles. The standard InChI is InChI=1S/C48H61N9O9/c58-41(49-21-12-28-65-38-16-10-13-35(30-38)31-53-22-3-4-23-53)19-11-20-50-48(64)66-34-36-14-9-15-37(29-36)51-47(63)52-44-45(61)56(32-42(59)54-24-5-6-25-54)39-17-1-2-18-40(39)57(46(44)62)33-43(60)55-26-7-8-27-55/h1-2,9-10,13-18,29-30,44H,3-8,11-12,19-28,31-34H2,(H,49,58)(H,50,64)(H2,51,52,63). The van der Waals surface area contributed by atoms with Gasteiger partial charge in [0.1, 0.15) is 25.4 Å². The third kappa shape index (κ3) is 13.2. The van der Waals surface area contributed by atoms with Crippen molar-refractivity contribution in [1.29, 1.82) is 0 Å². The zero-order valence-electron chi connectivity index (χ0n) is 37.5. The summed E-state index contributed by atoms with van der Waals surface area (Å²) in [6, 6.07) is 18.6. The summed E-state index contributed by atoms with van der Waals surface area (Å²) >= 11 is 0. The van der Waals surface area contributed by atoms with Gasteiger partial charge in [0.2, 0.25) is 17.7 Å². The van der Waals surface area contributed by atoms with Crippen LogP contribution < -0.4 is 35.8 Å². The van der Waals surface area contributed by atoms with E-state index in [1.807, 2.05) is 12.1 Å². The predicted molar refractivity (Wildman–Crippen MR) is 247 cm³/mol. The fourth-order valence-corrected chi connectivity index (χ4v) is 8.62. The van der Waals surface area contributed by atoms with Crippen LogP contribution >= 0.6 is 0 Å². The number of benzene rings is 3. The van der Waals surface area contributed by atoms with Crippen LogP contribution in [0, 0.1) is 0 Å². The molecule has 4 aliphatic rings. The number of hydrogen-bond donors (Lipinski definition) is 4. The van der Waals surface area contributed by atoms with Crippen molar-refractivity contribution in [2.24, 2.45) is 0 Å². The number of alkyl carbamates (subject to hydrolysis) is 1. The number of urea groups is 1. The molecule has 0 aliphatic carbocycles. The lowest BCUT2D eigenvalue weighted by Gasteiger charge is -2.27. The number of anilines is 3. The maximum absolute atomic E-state index is 14.3. The number of fused-ring (bicyclic) bond motifs is 1. The van der Waals surface area contributed by atoms with Gasteiger partial charge in [-0.05, 0) is 112 Å². The van der Waals surface area contributed by atoms with Crippen LogP contribution in [0.3, 0.4) is 0 Å². The molecule has 352 valence electrons. The van der Waals surface area contributed by atoms with Crippen molar-refractivity contribution in [3.8, 4) is 5.75 Å². The number of carbonyl (C=O) groups is 7. The van der Waals surface area contributed by atoms with Crippen LogP contribution in [0.25, 0.3) is 0 Å². The Morgan fingerprint density at radius 1 is 0.636 bits per heavy atom. The second-order valence-corrected chi connectivity index (χ2v) is 17.0. The van der Waals surface area contributed by atoms with E-state index in [1.54, 1.807) is 58.3 Å². The van der Waals surface area contributed by atoms with Crippen molar-refractivity contribution in [3.63, 3.8) is 0 Å². The predicted octanol–water partition coefficient (Wildman–Crippen LogP) is 3.99. The van der Waals surface area contributed by atoms with Gasteiger partial charge < -0.3 is 40.5 Å². The van der Waals surface area contributed by atoms with E-state index in [-0.39, 0.29) is 67.4 Å². The van der Waals surface area contributed by atoms with Gasteiger partial charge in [-0.25, -0.2) is 9.59 Å². The molecule has 4 N–H and O–H groups in total. The average molecular weight is 908 g/mol. The summed E-state index contributed by atoms with van der Waals surface area (Å²) in [6.45, 7) is 5.78. The Morgan fingerprint density at radius 2 is 1.23 bits per heavy atom. The van der Waals surface area contributed by atoms with Gasteiger partial charge in [0.25, 0.3) is 11.8 Å². The van der Waals surface area contributed by atoms with Crippen LogP contribution in [-0.2, 0) is 41.9 Å². The Kier molecular flexibility index (Phi) is 16.8. The van der Waals surface area contributed by atoms with Gasteiger partial charge in [-0.2, -0.15) is 0 Å². The normalized spacial score (nSPS) is 16.5. The zero-order valence-corrected chi connectivity index (χ0v) is 37.5. The summed E-state index contributed by atoms with van der Waals surface area (Å²) in [5.41, 5.74) is 2.62. The Bertz CT molecular complexity index is 2140. The lowest BCUT2D eigenvalue weighted by Crippen LogP contribution is -2.58. The molecule has 0 saturated carbocycles. The number of hydrogen-bond acceptors (Lipinski definition) is 10. The van der Waals surface area contributed by atoms with E-state index >= 15 is 0 Å². The molecule has 8 amide bonds. The smallest absolute Gasteiger partial charge is 0.407 e. The topological polar surface area (TPSA) is 202 Å². The molecule has 0 radical (unpaired) electrons. The molecule has 4 aliphatic heterocycles. The molecule has 18 nitrogen and oxygen atoms in total. The number of rotatable bonds is 19. The molecule has 66 heavy (non-hydrogen) atoms. The van der Waals surface area contributed by atoms with Gasteiger partial charge >= 0.3 is 12.1 Å². The number of amides is 8. The molecule has 0 unspecified atom stereocenters. The second kappa shape index (κ2) is 23.5. The highest BCUT2D eigenvalue weighted by molar-refractivity contribution is 6.23. The van der Waals surface area contributed by atoms with Crippen LogP contribution in [0.4, 0.5) is 26.7 Å². The summed E-state index contributed by atoms with van der Waals surface area (Å²) in [4.78, 5) is 102. The molecule has 3 fully saturated rings. The number of likely N-dealkylation sites (tertiary alicyclic amines) is 3. The molecule has 4 heterocycles. The third-order valence-electron chi connectivity index (χ3n) is 12.1. The third-order valence-corrected chi connectivity index (χ3v) is 12.1. The van der Waals surface area contributed by atoms with Crippen molar-refractivity contribution in [2.75, 3.05) is 87.2 Å². The minimum Gasteiger partial charge on any atom is -0.494 e. The Hall–Kier alpha value is -6.69. The summed E-state index contributed by atoms with van der Waals surface area (Å²) in [5, 5.41) is 10.7. The number of carbonyl (C=O) groups excluding carboxylic acids is 7. The van der Waals surface area contributed by atoms with E-state index in [1.165, 1.54) is 28.2 Å². The number of ether oxygens (including phenoxy) is 2. The fourth-order valence-electron chi connectivity index (χ4n) is 8.62. The average Bonchev–Trinajstić information content (AvgIpc) is 4.15. The summed E-state index contributed by atoms with van der Waals surface area (Å²) in [5.74, 6) is -1.51. The van der Waals surface area contributed by atoms with Crippen molar-refractivity contribution < 1.29 is 43.0 Å². The molecular weight excluding hydrogens is 847 g/mol. The molecule has 0 bridgehead atoms.